The first-order valence-electron chi connectivity index (χ1n) is 14.2. The molecule has 3 aromatic heterocycles. The van der Waals surface area contributed by atoms with Gasteiger partial charge in [-0.1, -0.05) is 6.58 Å². The zero-order valence-corrected chi connectivity index (χ0v) is 23.6. The molecule has 2 fully saturated rings. The van der Waals surface area contributed by atoms with E-state index in [1.54, 1.807) is 31.5 Å². The molecule has 42 heavy (non-hydrogen) atoms. The molecule has 1 aromatic carbocycles. The maximum Gasteiger partial charge on any atom is 0.245 e. The second kappa shape index (κ2) is 12.2. The number of fused-ring (bicyclic) bond motifs is 1. The Kier molecular flexibility index (Phi) is 8.00. The standard InChI is InChI=1S/C31H34FN7O3/c1-3-28(40)38-13-9-20(10-14-38)24-17-34-30-29(24)31(36-19-35-30)37-26-7-6-21(15-25(26)32)42-22-8-11-33-27(16-22)39-12-4-5-23(18-39)41-2/h3,6-8,11,15-17,19-20,23H,1,4-5,9-10,12-14,18H2,2H3,(H2,34,35,36,37). The van der Waals surface area contributed by atoms with Crippen LogP contribution in [0, 0.1) is 5.82 Å². The first-order valence-corrected chi connectivity index (χ1v) is 14.2. The van der Waals surface area contributed by atoms with Gasteiger partial charge in [0.1, 0.15) is 40.9 Å². The molecule has 0 radical (unpaired) electrons. The highest BCUT2D eigenvalue weighted by molar-refractivity contribution is 5.92. The van der Waals surface area contributed by atoms with E-state index in [2.05, 4.69) is 36.7 Å². The summed E-state index contributed by atoms with van der Waals surface area (Å²) in [5.41, 5.74) is 2.00. The highest BCUT2D eigenvalue weighted by Gasteiger charge is 2.26. The molecule has 2 N–H and O–H groups in total. The maximum atomic E-state index is 15.4. The molecule has 1 atom stereocenters. The van der Waals surface area contributed by atoms with Gasteiger partial charge in [-0.05, 0) is 61.4 Å². The summed E-state index contributed by atoms with van der Waals surface area (Å²) in [5.74, 6) is 1.97. The molecule has 6 rings (SSSR count). The second-order valence-electron chi connectivity index (χ2n) is 10.7. The number of methoxy groups -OCH3 is 1. The summed E-state index contributed by atoms with van der Waals surface area (Å²) in [7, 11) is 1.73. The average Bonchev–Trinajstić information content (AvgIpc) is 3.47. The SMILES string of the molecule is C=CC(=O)N1CCC(c2c[nH]c3ncnc(Nc4ccc(Oc5ccnc(N6CCCC(OC)C6)c5)cc4F)c23)CC1. The molecule has 2 aliphatic rings. The molecule has 2 saturated heterocycles. The van der Waals surface area contributed by atoms with Crippen LogP contribution in [0.1, 0.15) is 37.2 Å². The van der Waals surface area contributed by atoms with Crippen molar-refractivity contribution in [3.63, 3.8) is 0 Å². The summed E-state index contributed by atoms with van der Waals surface area (Å²) in [6.45, 7) is 6.57. The maximum absolute atomic E-state index is 15.4. The van der Waals surface area contributed by atoms with Gasteiger partial charge < -0.3 is 29.6 Å². The minimum Gasteiger partial charge on any atom is -0.457 e. The molecule has 218 valence electrons. The van der Waals surface area contributed by atoms with E-state index in [9.17, 15) is 4.79 Å². The second-order valence-corrected chi connectivity index (χ2v) is 10.7. The quantitative estimate of drug-likeness (QED) is 0.266. The fourth-order valence-electron chi connectivity index (χ4n) is 5.84. The van der Waals surface area contributed by atoms with Crippen LogP contribution in [-0.4, -0.2) is 70.1 Å². The van der Waals surface area contributed by atoms with Crippen molar-refractivity contribution in [2.75, 3.05) is 43.5 Å². The van der Waals surface area contributed by atoms with Gasteiger partial charge in [-0.2, -0.15) is 0 Å². The molecule has 5 heterocycles. The summed E-state index contributed by atoms with van der Waals surface area (Å²) in [4.78, 5) is 32.5. The Hall–Kier alpha value is -4.51. The van der Waals surface area contributed by atoms with Gasteiger partial charge in [0.2, 0.25) is 5.91 Å². The number of halogens is 1. The molecule has 4 aromatic rings. The number of likely N-dealkylation sites (tertiary alicyclic amines) is 1. The van der Waals surface area contributed by atoms with E-state index >= 15 is 4.39 Å². The lowest BCUT2D eigenvalue weighted by Gasteiger charge is -2.32. The number of amides is 1. The molecule has 0 spiro atoms. The van der Waals surface area contributed by atoms with Crippen molar-refractivity contribution in [2.24, 2.45) is 0 Å². The Morgan fingerprint density at radius 3 is 2.74 bits per heavy atom. The van der Waals surface area contributed by atoms with Crippen LogP contribution in [0.2, 0.25) is 0 Å². The highest BCUT2D eigenvalue weighted by atomic mass is 19.1. The van der Waals surface area contributed by atoms with E-state index in [0.717, 1.165) is 55.5 Å². The Morgan fingerprint density at radius 2 is 1.95 bits per heavy atom. The van der Waals surface area contributed by atoms with Crippen LogP contribution < -0.4 is 15.0 Å². The zero-order chi connectivity index (χ0) is 29.1. The number of carbonyl (C=O) groups excluding carboxylic acids is 1. The lowest BCUT2D eigenvalue weighted by Crippen LogP contribution is -2.39. The third kappa shape index (κ3) is 5.78. The van der Waals surface area contributed by atoms with Crippen molar-refractivity contribution in [1.82, 2.24) is 24.8 Å². The lowest BCUT2D eigenvalue weighted by atomic mass is 9.89. The van der Waals surface area contributed by atoms with E-state index in [4.69, 9.17) is 9.47 Å². The Morgan fingerprint density at radius 1 is 1.12 bits per heavy atom. The van der Waals surface area contributed by atoms with Gasteiger partial charge in [-0.25, -0.2) is 19.3 Å². The van der Waals surface area contributed by atoms with Gasteiger partial charge in [0.25, 0.3) is 0 Å². The van der Waals surface area contributed by atoms with Gasteiger partial charge in [0.15, 0.2) is 0 Å². The van der Waals surface area contributed by atoms with Crippen molar-refractivity contribution < 1.29 is 18.7 Å². The predicted molar refractivity (Wildman–Crippen MR) is 159 cm³/mol. The van der Waals surface area contributed by atoms with Gasteiger partial charge >= 0.3 is 0 Å². The largest absolute Gasteiger partial charge is 0.457 e. The highest BCUT2D eigenvalue weighted by Crippen LogP contribution is 2.37. The van der Waals surface area contributed by atoms with E-state index < -0.39 is 5.82 Å². The number of hydrogen-bond acceptors (Lipinski definition) is 8. The summed E-state index contributed by atoms with van der Waals surface area (Å²) >= 11 is 0. The number of aromatic amines is 1. The average molecular weight is 572 g/mol. The van der Waals surface area contributed by atoms with E-state index in [-0.39, 0.29) is 23.6 Å². The molecular formula is C31H34FN7O3. The molecule has 0 aliphatic carbocycles. The Balaban J connectivity index is 1.17. The Bertz CT molecular complexity index is 1580. The number of rotatable bonds is 8. The summed E-state index contributed by atoms with van der Waals surface area (Å²) in [5, 5.41) is 3.98. The monoisotopic (exact) mass is 571 g/mol. The number of benzene rings is 1. The molecular weight excluding hydrogens is 537 g/mol. The normalized spacial score (nSPS) is 17.8. The number of aromatic nitrogens is 4. The minimum atomic E-state index is -0.471. The van der Waals surface area contributed by atoms with Gasteiger partial charge in [-0.3, -0.25) is 4.79 Å². The number of ether oxygens (including phenoxy) is 2. The van der Waals surface area contributed by atoms with Crippen LogP contribution in [0.25, 0.3) is 11.0 Å². The van der Waals surface area contributed by atoms with Crippen molar-refractivity contribution in [3.8, 4) is 11.5 Å². The summed E-state index contributed by atoms with van der Waals surface area (Å²) < 4.78 is 26.9. The number of nitrogens with zero attached hydrogens (tertiary/aromatic N) is 5. The van der Waals surface area contributed by atoms with E-state index in [0.29, 0.717) is 36.1 Å². The van der Waals surface area contributed by atoms with Crippen LogP contribution in [-0.2, 0) is 9.53 Å². The number of pyridine rings is 1. The number of carbonyl (C=O) groups is 1. The number of H-pyrrole nitrogens is 1. The van der Waals surface area contributed by atoms with Crippen LogP contribution in [0.4, 0.5) is 21.7 Å². The molecule has 11 heteroatoms. The van der Waals surface area contributed by atoms with Gasteiger partial charge in [0.05, 0.1) is 17.2 Å². The number of piperidine rings is 2. The van der Waals surface area contributed by atoms with Crippen LogP contribution in [0.15, 0.2) is 61.7 Å². The van der Waals surface area contributed by atoms with Gasteiger partial charge in [0, 0.05) is 57.8 Å². The third-order valence-electron chi connectivity index (χ3n) is 8.10. The first-order chi connectivity index (χ1) is 20.5. The Labute approximate surface area is 243 Å². The summed E-state index contributed by atoms with van der Waals surface area (Å²) in [6.07, 6.45) is 10.3. The predicted octanol–water partition coefficient (Wildman–Crippen LogP) is 5.54. The number of anilines is 3. The van der Waals surface area contributed by atoms with Crippen molar-refractivity contribution >= 4 is 34.3 Å². The number of hydrogen-bond donors (Lipinski definition) is 2. The fraction of sp³-hybridized carbons (Fsp3) is 0.355. The topological polar surface area (TPSA) is 108 Å². The minimum absolute atomic E-state index is 0.0486. The molecule has 0 saturated carbocycles. The van der Waals surface area contributed by atoms with Gasteiger partial charge in [-0.15, -0.1) is 0 Å². The first kappa shape index (κ1) is 27.6. The molecule has 10 nitrogen and oxygen atoms in total. The van der Waals surface area contributed by atoms with Crippen molar-refractivity contribution in [1.29, 1.82) is 0 Å². The zero-order valence-electron chi connectivity index (χ0n) is 23.6. The third-order valence-corrected chi connectivity index (χ3v) is 8.10. The van der Waals surface area contributed by atoms with Crippen molar-refractivity contribution in [2.45, 2.75) is 37.7 Å². The fourth-order valence-corrected chi connectivity index (χ4v) is 5.84. The van der Waals surface area contributed by atoms with E-state index in [1.165, 1.54) is 18.5 Å². The lowest BCUT2D eigenvalue weighted by molar-refractivity contribution is -0.127. The smallest absolute Gasteiger partial charge is 0.245 e. The molecule has 2 aliphatic heterocycles. The number of nitrogens with one attached hydrogen (secondary N) is 2. The molecule has 1 unspecified atom stereocenters. The van der Waals surface area contributed by atoms with E-state index in [1.807, 2.05) is 17.2 Å². The van der Waals surface area contributed by atoms with Crippen LogP contribution in [0.5, 0.6) is 11.5 Å². The van der Waals surface area contributed by atoms with Crippen LogP contribution in [0.3, 0.4) is 0 Å². The molecule has 0 bridgehead atoms. The van der Waals surface area contributed by atoms with Crippen LogP contribution >= 0.6 is 0 Å². The summed E-state index contributed by atoms with van der Waals surface area (Å²) in [6, 6.07) is 8.34. The molecule has 1 amide bonds. The van der Waals surface area contributed by atoms with Crippen molar-refractivity contribution in [3.05, 3.63) is 73.1 Å².